The van der Waals surface area contributed by atoms with E-state index in [0.717, 1.165) is 5.56 Å². The molecule has 1 unspecified atom stereocenters. The van der Waals surface area contributed by atoms with Gasteiger partial charge in [-0.2, -0.15) is 0 Å². The summed E-state index contributed by atoms with van der Waals surface area (Å²) in [5, 5.41) is 1.04. The van der Waals surface area contributed by atoms with Gasteiger partial charge >= 0.3 is 0 Å². The molecule has 0 amide bonds. The van der Waals surface area contributed by atoms with Gasteiger partial charge in [-0.25, -0.2) is 0 Å². The van der Waals surface area contributed by atoms with Crippen LogP contribution < -0.4 is 5.73 Å². The fraction of sp³-hybridized carbons (Fsp3) is 0.286. The van der Waals surface area contributed by atoms with Gasteiger partial charge in [0.05, 0.1) is 10.0 Å². The summed E-state index contributed by atoms with van der Waals surface area (Å²) < 4.78 is 0. The van der Waals surface area contributed by atoms with Crippen molar-refractivity contribution in [3.63, 3.8) is 0 Å². The molecule has 2 N–H and O–H groups in total. The van der Waals surface area contributed by atoms with Gasteiger partial charge < -0.3 is 5.73 Å². The summed E-state index contributed by atoms with van der Waals surface area (Å²) in [4.78, 5) is 3.81. The Labute approximate surface area is 75.3 Å². The molecule has 2 nitrogen and oxygen atoms in total. The number of nitrogens with zero attached hydrogens (tertiary/aromatic N) is 1. The summed E-state index contributed by atoms with van der Waals surface area (Å²) >= 11 is 11.6. The average molecular weight is 191 g/mol. The molecule has 11 heavy (non-hydrogen) atoms. The monoisotopic (exact) mass is 190 g/mol. The third-order valence-corrected chi connectivity index (χ3v) is 1.95. The van der Waals surface area contributed by atoms with Crippen LogP contribution >= 0.6 is 23.2 Å². The molecule has 1 heterocycles. The van der Waals surface area contributed by atoms with Gasteiger partial charge in [0.15, 0.2) is 0 Å². The molecular formula is C7H8Cl2N2. The topological polar surface area (TPSA) is 38.9 Å². The third kappa shape index (κ3) is 1.83. The summed E-state index contributed by atoms with van der Waals surface area (Å²) in [5.74, 6) is 0. The van der Waals surface area contributed by atoms with Gasteiger partial charge in [0, 0.05) is 24.0 Å². The molecular weight excluding hydrogens is 183 g/mol. The van der Waals surface area contributed by atoms with E-state index >= 15 is 0 Å². The van der Waals surface area contributed by atoms with Crippen molar-refractivity contribution >= 4 is 23.2 Å². The van der Waals surface area contributed by atoms with Crippen LogP contribution in [0, 0.1) is 0 Å². The van der Waals surface area contributed by atoms with E-state index in [1.807, 2.05) is 6.92 Å². The Kier molecular flexibility index (Phi) is 2.71. The molecule has 0 fully saturated rings. The highest BCUT2D eigenvalue weighted by Gasteiger charge is 2.09. The molecule has 1 aromatic heterocycles. The van der Waals surface area contributed by atoms with E-state index in [-0.39, 0.29) is 6.04 Å². The Morgan fingerprint density at radius 2 is 1.82 bits per heavy atom. The highest BCUT2D eigenvalue weighted by atomic mass is 35.5. The number of pyridine rings is 1. The summed E-state index contributed by atoms with van der Waals surface area (Å²) in [6.07, 6.45) is 3.07. The van der Waals surface area contributed by atoms with Gasteiger partial charge in [0.2, 0.25) is 0 Å². The quantitative estimate of drug-likeness (QED) is 0.740. The molecule has 0 radical (unpaired) electrons. The van der Waals surface area contributed by atoms with Gasteiger partial charge in [0.25, 0.3) is 0 Å². The fourth-order valence-electron chi connectivity index (χ4n) is 0.856. The van der Waals surface area contributed by atoms with Gasteiger partial charge in [-0.3, -0.25) is 4.98 Å². The van der Waals surface area contributed by atoms with Crippen LogP contribution in [0.5, 0.6) is 0 Å². The van der Waals surface area contributed by atoms with Crippen molar-refractivity contribution in [2.45, 2.75) is 13.0 Å². The number of hydrogen-bond acceptors (Lipinski definition) is 2. The second-order valence-corrected chi connectivity index (χ2v) is 3.12. The second-order valence-electron chi connectivity index (χ2n) is 2.31. The summed E-state index contributed by atoms with van der Waals surface area (Å²) in [5.41, 5.74) is 6.37. The lowest BCUT2D eigenvalue weighted by Gasteiger charge is -2.08. The lowest BCUT2D eigenvalue weighted by molar-refractivity contribution is 0.816. The van der Waals surface area contributed by atoms with Crippen LogP contribution in [0.2, 0.25) is 10.0 Å². The van der Waals surface area contributed by atoms with Gasteiger partial charge in [0.1, 0.15) is 0 Å². The molecule has 0 aliphatic rings. The van der Waals surface area contributed by atoms with Crippen LogP contribution in [-0.2, 0) is 0 Å². The maximum atomic E-state index is 5.80. The first kappa shape index (κ1) is 8.78. The molecule has 1 atom stereocenters. The van der Waals surface area contributed by atoms with Crippen molar-refractivity contribution < 1.29 is 0 Å². The zero-order valence-electron chi connectivity index (χ0n) is 6.01. The molecule has 0 bridgehead atoms. The summed E-state index contributed by atoms with van der Waals surface area (Å²) in [6.45, 7) is 1.83. The minimum atomic E-state index is -0.155. The normalized spacial score (nSPS) is 13.1. The molecule has 0 spiro atoms. The van der Waals surface area contributed by atoms with E-state index in [1.165, 1.54) is 12.4 Å². The van der Waals surface area contributed by atoms with Crippen molar-refractivity contribution in [3.8, 4) is 0 Å². The van der Waals surface area contributed by atoms with Crippen molar-refractivity contribution in [2.24, 2.45) is 5.73 Å². The number of halogens is 2. The number of nitrogens with two attached hydrogens (primary N) is 1. The zero-order valence-corrected chi connectivity index (χ0v) is 7.52. The molecule has 4 heteroatoms. The van der Waals surface area contributed by atoms with Crippen LogP contribution in [0.25, 0.3) is 0 Å². The lowest BCUT2D eigenvalue weighted by Crippen LogP contribution is -2.06. The van der Waals surface area contributed by atoms with E-state index in [4.69, 9.17) is 28.9 Å². The largest absolute Gasteiger partial charge is 0.324 e. The first-order valence-electron chi connectivity index (χ1n) is 3.17. The van der Waals surface area contributed by atoms with Crippen LogP contribution in [0.3, 0.4) is 0 Å². The molecule has 0 aliphatic heterocycles. The van der Waals surface area contributed by atoms with Crippen LogP contribution in [0.4, 0.5) is 0 Å². The SMILES string of the molecule is CC(N)c1c(Cl)cncc1Cl. The fourth-order valence-corrected chi connectivity index (χ4v) is 1.57. The number of rotatable bonds is 1. The van der Waals surface area contributed by atoms with Gasteiger partial charge in [-0.05, 0) is 6.92 Å². The predicted molar refractivity (Wildman–Crippen MR) is 46.9 cm³/mol. The van der Waals surface area contributed by atoms with E-state index in [1.54, 1.807) is 0 Å². The standard InChI is InChI=1S/C7H8Cl2N2/c1-4(10)7-5(8)2-11-3-6(7)9/h2-4H,10H2,1H3. The van der Waals surface area contributed by atoms with E-state index in [0.29, 0.717) is 10.0 Å². The Bertz CT molecular complexity index is 240. The van der Waals surface area contributed by atoms with Crippen LogP contribution in [0.15, 0.2) is 12.4 Å². The van der Waals surface area contributed by atoms with Crippen molar-refractivity contribution in [1.82, 2.24) is 4.98 Å². The predicted octanol–water partition coefficient (Wildman–Crippen LogP) is 2.41. The average Bonchev–Trinajstić information content (AvgIpc) is 1.85. The van der Waals surface area contributed by atoms with E-state index in [9.17, 15) is 0 Å². The number of hydrogen-bond donors (Lipinski definition) is 1. The molecule has 60 valence electrons. The maximum absolute atomic E-state index is 5.80. The minimum Gasteiger partial charge on any atom is -0.324 e. The van der Waals surface area contributed by atoms with Gasteiger partial charge in [-0.15, -0.1) is 0 Å². The zero-order chi connectivity index (χ0) is 8.43. The Hall–Kier alpha value is -0.310. The first-order chi connectivity index (χ1) is 5.13. The highest BCUT2D eigenvalue weighted by molar-refractivity contribution is 6.35. The van der Waals surface area contributed by atoms with Crippen LogP contribution in [0.1, 0.15) is 18.5 Å². The summed E-state index contributed by atoms with van der Waals surface area (Å²) in [6, 6.07) is -0.155. The molecule has 0 aromatic carbocycles. The molecule has 0 saturated carbocycles. The minimum absolute atomic E-state index is 0.155. The van der Waals surface area contributed by atoms with E-state index < -0.39 is 0 Å². The van der Waals surface area contributed by atoms with Crippen molar-refractivity contribution in [3.05, 3.63) is 28.0 Å². The molecule has 1 rings (SSSR count). The molecule has 1 aromatic rings. The van der Waals surface area contributed by atoms with Crippen LogP contribution in [-0.4, -0.2) is 4.98 Å². The molecule has 0 aliphatic carbocycles. The van der Waals surface area contributed by atoms with Gasteiger partial charge in [-0.1, -0.05) is 23.2 Å². The van der Waals surface area contributed by atoms with Crippen molar-refractivity contribution in [2.75, 3.05) is 0 Å². The summed E-state index contributed by atoms with van der Waals surface area (Å²) in [7, 11) is 0. The highest BCUT2D eigenvalue weighted by Crippen LogP contribution is 2.27. The first-order valence-corrected chi connectivity index (χ1v) is 3.93. The Balaban J connectivity index is 3.21. The molecule has 0 saturated heterocycles. The maximum Gasteiger partial charge on any atom is 0.0651 e. The third-order valence-electron chi connectivity index (χ3n) is 1.35. The van der Waals surface area contributed by atoms with Crippen molar-refractivity contribution in [1.29, 1.82) is 0 Å². The lowest BCUT2D eigenvalue weighted by atomic mass is 10.1. The Morgan fingerprint density at radius 3 is 2.09 bits per heavy atom. The second kappa shape index (κ2) is 3.39. The number of aromatic nitrogens is 1. The Morgan fingerprint density at radius 1 is 1.36 bits per heavy atom. The van der Waals surface area contributed by atoms with E-state index in [2.05, 4.69) is 4.98 Å². The smallest absolute Gasteiger partial charge is 0.0651 e.